The zero-order valence-electron chi connectivity index (χ0n) is 46.0. The van der Waals surface area contributed by atoms with Gasteiger partial charge in [-0.3, -0.25) is 0 Å². The van der Waals surface area contributed by atoms with Crippen molar-refractivity contribution in [2.75, 3.05) is 6.26 Å². The lowest BCUT2D eigenvalue weighted by Gasteiger charge is -2.20. The van der Waals surface area contributed by atoms with Gasteiger partial charge in [0.2, 0.25) is 0 Å². The molecule has 0 aliphatic heterocycles. The van der Waals surface area contributed by atoms with Crippen LogP contribution in [0.25, 0.3) is 40.1 Å². The molecule has 4 aromatic carbocycles. The molecule has 0 radical (unpaired) electrons. The van der Waals surface area contributed by atoms with Crippen molar-refractivity contribution in [2.24, 2.45) is 0 Å². The van der Waals surface area contributed by atoms with Gasteiger partial charge < -0.3 is 0 Å². The van der Waals surface area contributed by atoms with Crippen LogP contribution in [-0.4, -0.2) is 6.26 Å². The Morgan fingerprint density at radius 2 is 1.26 bits per heavy atom. The molecule has 1 aliphatic carbocycles. The third-order valence-electron chi connectivity index (χ3n) is 11.7. The van der Waals surface area contributed by atoms with E-state index >= 15 is 0 Å². The van der Waals surface area contributed by atoms with E-state index in [4.69, 9.17) is 0 Å². The second-order valence-corrected chi connectivity index (χ2v) is 17.3. The fraction of sp³-hybridized carbons (Fsp3) is 0.239. The Labute approximate surface area is 443 Å². The van der Waals surface area contributed by atoms with Crippen LogP contribution in [0.5, 0.6) is 0 Å². The highest BCUT2D eigenvalue weighted by Gasteiger charge is 2.20. The molecule has 0 aromatic heterocycles. The first-order valence-corrected chi connectivity index (χ1v) is 27.4. The van der Waals surface area contributed by atoms with E-state index in [0.717, 1.165) is 66.4 Å². The Hall–Kier alpha value is -6.67. The molecule has 0 fully saturated rings. The van der Waals surface area contributed by atoms with Gasteiger partial charge in [0.05, 0.1) is 0 Å². The van der Waals surface area contributed by atoms with Crippen LogP contribution in [0.2, 0.25) is 0 Å². The minimum absolute atomic E-state index is 0.776. The summed E-state index contributed by atoms with van der Waals surface area (Å²) in [7, 11) is 0. The predicted octanol–water partition coefficient (Wildman–Crippen LogP) is 22.3. The highest BCUT2D eigenvalue weighted by atomic mass is 32.2. The SMILES string of the molecule is C=C(/C=C\CC(=C/C)/C(C)=C\CC)/C=C/C=C(\SC)C1=Cc2c(c(/C=C(\C(=C)CC)c3ccccc3)c3ccccc3c2/C=C(\C(=C)/C=C\CC=CC)c2ccccc2)CC=C1.C=CCC=CC.CC.CC. The van der Waals surface area contributed by atoms with Crippen LogP contribution < -0.4 is 0 Å². The number of thioether (sulfide) groups is 1. The van der Waals surface area contributed by atoms with Gasteiger partial charge in [0, 0.05) is 4.91 Å². The van der Waals surface area contributed by atoms with Gasteiger partial charge in [-0.15, -0.1) is 18.3 Å². The Bertz CT molecular complexity index is 2740. The van der Waals surface area contributed by atoms with Crippen LogP contribution in [-0.2, 0) is 6.42 Å². The van der Waals surface area contributed by atoms with Gasteiger partial charge in [-0.05, 0) is 180 Å². The predicted molar refractivity (Wildman–Crippen MR) is 334 cm³/mol. The summed E-state index contributed by atoms with van der Waals surface area (Å²) in [6.07, 6.45) is 49.3. The molecule has 376 valence electrons. The highest BCUT2D eigenvalue weighted by Crippen LogP contribution is 2.41. The summed E-state index contributed by atoms with van der Waals surface area (Å²) in [5.41, 5.74) is 16.4. The summed E-state index contributed by atoms with van der Waals surface area (Å²) in [6.45, 7) is 37.9. The number of hydrogen-bond donors (Lipinski definition) is 0. The number of benzene rings is 4. The van der Waals surface area contributed by atoms with Crippen LogP contribution in [0.15, 0.2) is 247 Å². The monoisotopic (exact) mass is 971 g/mol. The van der Waals surface area contributed by atoms with Crippen molar-refractivity contribution >= 4 is 51.9 Å². The maximum atomic E-state index is 4.64. The number of rotatable bonds is 21. The summed E-state index contributed by atoms with van der Waals surface area (Å²) in [6, 6.07) is 30.3. The van der Waals surface area contributed by atoms with Gasteiger partial charge in [-0.2, -0.15) is 0 Å². The number of hydrogen-bond acceptors (Lipinski definition) is 1. The lowest BCUT2D eigenvalue weighted by Crippen LogP contribution is -2.00. The van der Waals surface area contributed by atoms with E-state index in [1.807, 2.05) is 46.8 Å². The van der Waals surface area contributed by atoms with Crippen LogP contribution in [0.3, 0.4) is 0 Å². The van der Waals surface area contributed by atoms with Crippen molar-refractivity contribution in [2.45, 2.75) is 108 Å². The zero-order valence-corrected chi connectivity index (χ0v) is 46.8. The van der Waals surface area contributed by atoms with Crippen LogP contribution in [0, 0.1) is 0 Å². The molecule has 4 aromatic rings. The normalized spacial score (nSPS) is 13.3. The summed E-state index contributed by atoms with van der Waals surface area (Å²) >= 11 is 1.76. The molecule has 0 saturated heterocycles. The van der Waals surface area contributed by atoms with Crippen molar-refractivity contribution in [1.29, 1.82) is 0 Å². The van der Waals surface area contributed by atoms with Gasteiger partial charge in [-0.1, -0.05) is 243 Å². The first-order valence-electron chi connectivity index (χ1n) is 26.1. The fourth-order valence-corrected chi connectivity index (χ4v) is 8.60. The second-order valence-electron chi connectivity index (χ2n) is 16.5. The molecular formula is C71H86S. The minimum Gasteiger partial charge on any atom is -0.129 e. The average Bonchev–Trinajstić information content (AvgIpc) is 3.65. The van der Waals surface area contributed by atoms with Gasteiger partial charge >= 0.3 is 0 Å². The molecule has 72 heavy (non-hydrogen) atoms. The first kappa shape index (κ1) is 61.4. The Morgan fingerprint density at radius 3 is 1.82 bits per heavy atom. The molecule has 0 heterocycles. The molecule has 0 unspecified atom stereocenters. The minimum atomic E-state index is 0.776. The Morgan fingerprint density at radius 1 is 0.681 bits per heavy atom. The van der Waals surface area contributed by atoms with Crippen molar-refractivity contribution < 1.29 is 0 Å². The van der Waals surface area contributed by atoms with E-state index in [1.165, 1.54) is 65.8 Å². The van der Waals surface area contributed by atoms with E-state index in [0.29, 0.717) is 0 Å². The number of fused-ring (bicyclic) bond motifs is 2. The van der Waals surface area contributed by atoms with Crippen LogP contribution in [0.4, 0.5) is 0 Å². The molecule has 0 atom stereocenters. The fourth-order valence-electron chi connectivity index (χ4n) is 8.02. The molecule has 0 nitrogen and oxygen atoms in total. The van der Waals surface area contributed by atoms with Gasteiger partial charge in [0.15, 0.2) is 0 Å². The summed E-state index contributed by atoms with van der Waals surface area (Å²) in [5.74, 6) is 0. The number of allylic oxidation sites excluding steroid dienone is 24. The molecule has 5 rings (SSSR count). The third-order valence-corrected chi connectivity index (χ3v) is 12.5. The van der Waals surface area contributed by atoms with E-state index in [1.54, 1.807) is 11.8 Å². The van der Waals surface area contributed by atoms with E-state index in [-0.39, 0.29) is 0 Å². The maximum absolute atomic E-state index is 4.64. The van der Waals surface area contributed by atoms with E-state index < -0.39 is 0 Å². The molecular weight excluding hydrogens is 885 g/mol. The summed E-state index contributed by atoms with van der Waals surface area (Å²) in [5, 5.41) is 2.41. The third kappa shape index (κ3) is 19.5. The van der Waals surface area contributed by atoms with Gasteiger partial charge in [0.25, 0.3) is 0 Å². The Kier molecular flexibility index (Phi) is 31.0. The molecule has 0 N–H and O–H groups in total. The average molecular weight is 972 g/mol. The van der Waals surface area contributed by atoms with Crippen molar-refractivity contribution in [3.63, 3.8) is 0 Å². The molecule has 1 heteroatoms. The van der Waals surface area contributed by atoms with Crippen molar-refractivity contribution in [3.8, 4) is 0 Å². The van der Waals surface area contributed by atoms with Crippen LogP contribution in [0.1, 0.15) is 135 Å². The quantitative estimate of drug-likeness (QED) is 0.0455. The second kappa shape index (κ2) is 36.3. The molecule has 0 saturated carbocycles. The topological polar surface area (TPSA) is 0 Å². The Balaban J connectivity index is 0.00000163. The molecule has 0 bridgehead atoms. The smallest absolute Gasteiger partial charge is 0.0142 e. The van der Waals surface area contributed by atoms with Crippen molar-refractivity contribution in [3.05, 3.63) is 280 Å². The van der Waals surface area contributed by atoms with Gasteiger partial charge in [0.1, 0.15) is 0 Å². The standard InChI is InChI=1S/C61H64S.C6H10.2C2H6/c1-10-14-15-18-31-48(8)57(51-34-21-17-22-35-51)44-60-54-39-24-23-38-53(54)59(43-56(46(6)12-3)50-32-19-16-20-33-50)55-40-27-37-52(42-58(55)60)61(62-9)41-26-30-45(5)29-25-36-49(13-4)47(7)28-11-2;1-3-5-6-4-2;2*1-2/h10,13-14,16-35,37-39,41-44H,5-6,8,11-12,15,36,40H2,1-4,7,9H3;3-4,6H,1,5H2,2H3;2*1-2H3/b14-10?,29-25-,30-26+,31-18-,47-28-,49-13-,56-43+,57-44+,61-41-;;;. The van der Waals surface area contributed by atoms with E-state index in [9.17, 15) is 0 Å². The molecule has 1 aliphatic rings. The van der Waals surface area contributed by atoms with Gasteiger partial charge in [-0.25, -0.2) is 0 Å². The lowest BCUT2D eigenvalue weighted by molar-refractivity contribution is 1.13. The first-order chi connectivity index (χ1) is 35.1. The van der Waals surface area contributed by atoms with Crippen molar-refractivity contribution in [1.82, 2.24) is 0 Å². The molecule has 0 amide bonds. The lowest BCUT2D eigenvalue weighted by atomic mass is 9.83. The summed E-state index contributed by atoms with van der Waals surface area (Å²) < 4.78 is 0. The maximum Gasteiger partial charge on any atom is 0.0142 e. The highest BCUT2D eigenvalue weighted by molar-refractivity contribution is 8.02. The van der Waals surface area contributed by atoms with E-state index in [2.05, 4.69) is 255 Å². The largest absolute Gasteiger partial charge is 0.129 e. The summed E-state index contributed by atoms with van der Waals surface area (Å²) in [4.78, 5) is 1.18. The van der Waals surface area contributed by atoms with Crippen LogP contribution >= 0.6 is 11.8 Å². The molecule has 0 spiro atoms. The zero-order chi connectivity index (χ0) is 53.1.